The molecule has 0 heterocycles. The van der Waals surface area contributed by atoms with Crippen molar-refractivity contribution < 1.29 is 24.7 Å². The van der Waals surface area contributed by atoms with Crippen LogP contribution in [-0.2, 0) is 24.7 Å². The fourth-order valence-corrected chi connectivity index (χ4v) is 4.92. The van der Waals surface area contributed by atoms with Gasteiger partial charge in [0.15, 0.2) is 0 Å². The monoisotopic (exact) mass is 359 g/mol. The number of fused-ring (bicyclic) bond motifs is 2. The van der Waals surface area contributed by atoms with Gasteiger partial charge in [0, 0.05) is 0 Å². The van der Waals surface area contributed by atoms with Crippen molar-refractivity contribution in [3.8, 4) is 11.1 Å². The van der Waals surface area contributed by atoms with Crippen LogP contribution < -0.4 is 0 Å². The Bertz CT molecular complexity index is 884. The third-order valence-electron chi connectivity index (χ3n) is 4.72. The standard InChI is InChI=1S/C21H17.Zr/c1-14-13-21-17(15(14)2)10-6-12-20(21)19-11-5-8-16-7-3-4-9-18(16)19;/h3-13,15H,2H2,1H3;. The van der Waals surface area contributed by atoms with Crippen molar-refractivity contribution in [2.75, 3.05) is 0 Å². The van der Waals surface area contributed by atoms with Crippen LogP contribution >= 0.6 is 0 Å². The van der Waals surface area contributed by atoms with Crippen LogP contribution in [-0.4, -0.2) is 0 Å². The Morgan fingerprint density at radius 2 is 1.59 bits per heavy atom. The molecule has 0 amide bonds. The van der Waals surface area contributed by atoms with E-state index in [9.17, 15) is 0 Å². The van der Waals surface area contributed by atoms with Crippen molar-refractivity contribution in [1.82, 2.24) is 0 Å². The summed E-state index contributed by atoms with van der Waals surface area (Å²) in [4.78, 5) is 0. The van der Waals surface area contributed by atoms with Crippen LogP contribution in [0, 0.1) is 0 Å². The molecule has 0 spiro atoms. The van der Waals surface area contributed by atoms with E-state index in [4.69, 9.17) is 0 Å². The summed E-state index contributed by atoms with van der Waals surface area (Å²) in [5.41, 5.74) is 7.19. The van der Waals surface area contributed by atoms with E-state index >= 15 is 0 Å². The van der Waals surface area contributed by atoms with Gasteiger partial charge in [-0.1, -0.05) is 0 Å². The molecule has 0 saturated carbocycles. The van der Waals surface area contributed by atoms with Crippen molar-refractivity contribution in [3.63, 3.8) is 0 Å². The quantitative estimate of drug-likeness (QED) is 0.528. The summed E-state index contributed by atoms with van der Waals surface area (Å²) in [7, 11) is 0. The van der Waals surface area contributed by atoms with Gasteiger partial charge in [0.05, 0.1) is 0 Å². The van der Waals surface area contributed by atoms with E-state index < -0.39 is 0 Å². The fourth-order valence-electron chi connectivity index (χ4n) is 3.59. The maximum absolute atomic E-state index is 2.40. The summed E-state index contributed by atoms with van der Waals surface area (Å²) >= 11 is 1.61. The second-order valence-electron chi connectivity index (χ2n) is 5.98. The Balaban J connectivity index is 2.00. The zero-order valence-corrected chi connectivity index (χ0v) is 15.1. The Morgan fingerprint density at radius 3 is 2.45 bits per heavy atom. The van der Waals surface area contributed by atoms with Crippen LogP contribution in [0.2, 0.25) is 4.13 Å². The van der Waals surface area contributed by atoms with E-state index in [1.165, 1.54) is 42.7 Å². The summed E-state index contributed by atoms with van der Waals surface area (Å²) in [5.74, 6) is 0.628. The zero-order valence-electron chi connectivity index (χ0n) is 12.6. The van der Waals surface area contributed by atoms with Crippen LogP contribution in [0.15, 0.2) is 66.2 Å². The number of rotatable bonds is 2. The molecule has 1 atom stereocenters. The number of hydrogen-bond donors (Lipinski definition) is 0. The molecule has 0 bridgehead atoms. The van der Waals surface area contributed by atoms with Crippen molar-refractivity contribution in [2.45, 2.75) is 17.0 Å². The molecule has 3 aromatic rings. The summed E-state index contributed by atoms with van der Waals surface area (Å²) in [6, 6.07) is 22.1. The summed E-state index contributed by atoms with van der Waals surface area (Å²) in [5, 5.41) is 2.66. The molecule has 0 aromatic heterocycles. The predicted molar refractivity (Wildman–Crippen MR) is 90.6 cm³/mol. The van der Waals surface area contributed by atoms with Gasteiger partial charge in [-0.15, -0.1) is 0 Å². The first-order valence-corrected chi connectivity index (χ1v) is 9.47. The molecule has 0 radical (unpaired) electrons. The fraction of sp³-hybridized carbons (Fsp3) is 0.143. The van der Waals surface area contributed by atoms with Crippen LogP contribution in [0.3, 0.4) is 0 Å². The summed E-state index contributed by atoms with van der Waals surface area (Å²) < 4.78 is 1.26. The SMILES string of the molecule is CC1=Cc2c(-c3cccc4ccccc34)cccc2C1[CH2][Zr]. The number of allylic oxidation sites excluding steroid dienone is 1. The van der Waals surface area contributed by atoms with Gasteiger partial charge in [0.1, 0.15) is 0 Å². The third kappa shape index (κ3) is 2.15. The van der Waals surface area contributed by atoms with Gasteiger partial charge in [-0.05, 0) is 0 Å². The Labute approximate surface area is 146 Å². The molecule has 0 N–H and O–H groups in total. The second-order valence-corrected chi connectivity index (χ2v) is 6.98. The molecule has 1 aliphatic rings. The minimum absolute atomic E-state index is 0.628. The predicted octanol–water partition coefficient (Wildman–Crippen LogP) is 5.97. The molecule has 1 unspecified atom stereocenters. The van der Waals surface area contributed by atoms with Gasteiger partial charge >= 0.3 is 147 Å². The van der Waals surface area contributed by atoms with Crippen LogP contribution in [0.5, 0.6) is 0 Å². The Morgan fingerprint density at radius 1 is 0.864 bits per heavy atom. The van der Waals surface area contributed by atoms with Gasteiger partial charge in [-0.25, -0.2) is 0 Å². The van der Waals surface area contributed by atoms with E-state index in [-0.39, 0.29) is 0 Å². The molecule has 0 nitrogen and oxygen atoms in total. The van der Waals surface area contributed by atoms with E-state index in [1.54, 1.807) is 24.7 Å². The maximum atomic E-state index is 2.40. The van der Waals surface area contributed by atoms with Gasteiger partial charge in [0.25, 0.3) is 0 Å². The molecule has 0 fully saturated rings. The molecule has 0 saturated heterocycles. The first-order valence-electron chi connectivity index (χ1n) is 7.73. The molecule has 4 rings (SSSR count). The first-order chi connectivity index (χ1) is 10.8. The molecule has 105 valence electrons. The second kappa shape index (κ2) is 5.63. The van der Waals surface area contributed by atoms with Crippen LogP contribution in [0.4, 0.5) is 0 Å². The first kappa shape index (κ1) is 14.2. The molecule has 1 heteroatoms. The van der Waals surface area contributed by atoms with Gasteiger partial charge in [-0.2, -0.15) is 0 Å². The van der Waals surface area contributed by atoms with Crippen LogP contribution in [0.25, 0.3) is 28.0 Å². The average Bonchev–Trinajstić information content (AvgIpc) is 2.89. The van der Waals surface area contributed by atoms with Gasteiger partial charge < -0.3 is 0 Å². The Hall–Kier alpha value is -1.46. The van der Waals surface area contributed by atoms with Crippen molar-refractivity contribution in [3.05, 3.63) is 77.4 Å². The van der Waals surface area contributed by atoms with Gasteiger partial charge in [-0.3, -0.25) is 0 Å². The topological polar surface area (TPSA) is 0 Å². The molecule has 1 aliphatic carbocycles. The third-order valence-corrected chi connectivity index (χ3v) is 5.72. The van der Waals surface area contributed by atoms with E-state index in [0.717, 1.165) is 0 Å². The molecule has 3 aromatic carbocycles. The minimum atomic E-state index is 0.628. The summed E-state index contributed by atoms with van der Waals surface area (Å²) in [6.07, 6.45) is 2.40. The van der Waals surface area contributed by atoms with Crippen molar-refractivity contribution in [1.29, 1.82) is 0 Å². The molecule has 0 aliphatic heterocycles. The number of hydrogen-bond acceptors (Lipinski definition) is 0. The molecule has 22 heavy (non-hydrogen) atoms. The average molecular weight is 361 g/mol. The summed E-state index contributed by atoms with van der Waals surface area (Å²) in [6.45, 7) is 2.28. The van der Waals surface area contributed by atoms with E-state index in [2.05, 4.69) is 73.7 Å². The van der Waals surface area contributed by atoms with E-state index in [1.807, 2.05) is 0 Å². The van der Waals surface area contributed by atoms with Gasteiger partial charge in [0.2, 0.25) is 0 Å². The zero-order chi connectivity index (χ0) is 15.1. The van der Waals surface area contributed by atoms with Crippen LogP contribution in [0.1, 0.15) is 24.0 Å². The molecular weight excluding hydrogens is 343 g/mol. The molecular formula is C21H17Zr. The van der Waals surface area contributed by atoms with E-state index in [0.29, 0.717) is 5.92 Å². The Kier molecular flexibility index (Phi) is 3.62. The van der Waals surface area contributed by atoms with Crippen molar-refractivity contribution in [2.24, 2.45) is 0 Å². The number of benzene rings is 3. The normalized spacial score (nSPS) is 16.5. The van der Waals surface area contributed by atoms with Crippen molar-refractivity contribution >= 4 is 16.8 Å².